The Bertz CT molecular complexity index is 57.1. The van der Waals surface area contributed by atoms with Crippen molar-refractivity contribution >= 4 is 0 Å². The van der Waals surface area contributed by atoms with Gasteiger partial charge in [0.15, 0.2) is 0 Å². The average Bonchev–Trinajstić information content (AvgIpc) is 1.91. The summed E-state index contributed by atoms with van der Waals surface area (Å²) >= 11 is 0. The van der Waals surface area contributed by atoms with Gasteiger partial charge in [-0.25, -0.2) is 0 Å². The van der Waals surface area contributed by atoms with Crippen LogP contribution in [0.3, 0.4) is 0 Å². The summed E-state index contributed by atoms with van der Waals surface area (Å²) in [6.07, 6.45) is 0. The largest absolute Gasteiger partial charge is 0.379 e. The van der Waals surface area contributed by atoms with E-state index in [4.69, 9.17) is 10.5 Å². The zero-order chi connectivity index (χ0) is 5.28. The van der Waals surface area contributed by atoms with E-state index >= 15 is 0 Å². The van der Waals surface area contributed by atoms with Crippen LogP contribution in [0.1, 0.15) is 6.92 Å². The lowest BCUT2D eigenvalue weighted by Crippen LogP contribution is -2.25. The molecule has 7 heavy (non-hydrogen) atoms. The first kappa shape index (κ1) is 5.06. The van der Waals surface area contributed by atoms with Gasteiger partial charge in [-0.3, -0.25) is 0 Å². The first-order valence-electron chi connectivity index (χ1n) is 2.64. The van der Waals surface area contributed by atoms with Crippen LogP contribution in [0.4, 0.5) is 0 Å². The molecule has 1 saturated heterocycles. The Morgan fingerprint density at radius 3 is 2.43 bits per heavy atom. The van der Waals surface area contributed by atoms with Crippen LogP contribution in [0, 0.1) is 5.92 Å². The summed E-state index contributed by atoms with van der Waals surface area (Å²) < 4.78 is 5.04. The second kappa shape index (κ2) is 1.80. The van der Waals surface area contributed by atoms with Crippen molar-refractivity contribution in [2.75, 3.05) is 13.2 Å². The van der Waals surface area contributed by atoms with Gasteiger partial charge in [-0.1, -0.05) is 6.92 Å². The minimum Gasteiger partial charge on any atom is -0.379 e. The summed E-state index contributed by atoms with van der Waals surface area (Å²) in [5.74, 6) is 0.569. The fourth-order valence-electron chi connectivity index (χ4n) is 0.678. The molecule has 2 N–H and O–H groups in total. The molecule has 0 aromatic carbocycles. The van der Waals surface area contributed by atoms with Gasteiger partial charge in [0.25, 0.3) is 0 Å². The zero-order valence-corrected chi connectivity index (χ0v) is 4.55. The predicted molar refractivity (Wildman–Crippen MR) is 28.0 cm³/mol. The van der Waals surface area contributed by atoms with E-state index in [0.717, 1.165) is 13.2 Å². The van der Waals surface area contributed by atoms with Crippen molar-refractivity contribution in [3.8, 4) is 0 Å². The third-order valence-corrected chi connectivity index (χ3v) is 1.42. The highest BCUT2D eigenvalue weighted by Crippen LogP contribution is 2.08. The Morgan fingerprint density at radius 1 is 1.57 bits per heavy atom. The van der Waals surface area contributed by atoms with Crippen LogP contribution >= 0.6 is 0 Å². The van der Waals surface area contributed by atoms with Gasteiger partial charge >= 0.3 is 0 Å². The predicted octanol–water partition coefficient (Wildman–Crippen LogP) is -0.0200. The molecule has 0 aliphatic carbocycles. The molecule has 0 amide bonds. The van der Waals surface area contributed by atoms with Crippen molar-refractivity contribution in [3.05, 3.63) is 0 Å². The van der Waals surface area contributed by atoms with Crippen molar-refractivity contribution in [1.82, 2.24) is 0 Å². The quantitative estimate of drug-likeness (QED) is 0.465. The van der Waals surface area contributed by atoms with Crippen molar-refractivity contribution in [2.45, 2.75) is 13.0 Å². The highest BCUT2D eigenvalue weighted by atomic mass is 16.5. The number of ether oxygens (including phenoxy) is 1. The first-order valence-corrected chi connectivity index (χ1v) is 2.64. The van der Waals surface area contributed by atoms with Crippen LogP contribution in [0.15, 0.2) is 0 Å². The fraction of sp³-hybridized carbons (Fsp3) is 1.00. The average molecular weight is 101 g/mol. The molecule has 0 saturated carbocycles. The Morgan fingerprint density at radius 2 is 2.29 bits per heavy atom. The van der Waals surface area contributed by atoms with Gasteiger partial charge < -0.3 is 10.5 Å². The molecule has 0 radical (unpaired) electrons. The van der Waals surface area contributed by atoms with Gasteiger partial charge in [0.2, 0.25) is 0 Å². The lowest BCUT2D eigenvalue weighted by atomic mass is 10.1. The zero-order valence-electron chi connectivity index (χ0n) is 4.55. The van der Waals surface area contributed by atoms with Crippen LogP contribution in [0.2, 0.25) is 0 Å². The highest BCUT2D eigenvalue weighted by molar-refractivity contribution is 4.73. The molecule has 2 atom stereocenters. The SMILES string of the molecule is C[C@@H]1COCC1N. The van der Waals surface area contributed by atoms with E-state index in [1.54, 1.807) is 0 Å². The maximum atomic E-state index is 5.55. The molecular formula is C5H11NO. The Labute approximate surface area is 43.6 Å². The highest BCUT2D eigenvalue weighted by Gasteiger charge is 2.18. The minimum atomic E-state index is 0.292. The van der Waals surface area contributed by atoms with Gasteiger partial charge in [-0.2, -0.15) is 0 Å². The van der Waals surface area contributed by atoms with Crippen LogP contribution in [0.25, 0.3) is 0 Å². The van der Waals surface area contributed by atoms with E-state index in [9.17, 15) is 0 Å². The summed E-state index contributed by atoms with van der Waals surface area (Å²) in [6.45, 7) is 3.71. The van der Waals surface area contributed by atoms with Crippen molar-refractivity contribution in [1.29, 1.82) is 0 Å². The second-order valence-corrected chi connectivity index (χ2v) is 2.18. The van der Waals surface area contributed by atoms with Gasteiger partial charge in [-0.15, -0.1) is 0 Å². The van der Waals surface area contributed by atoms with Gasteiger partial charge in [0.1, 0.15) is 0 Å². The summed E-state index contributed by atoms with van der Waals surface area (Å²) in [4.78, 5) is 0. The molecule has 2 heteroatoms. The van der Waals surface area contributed by atoms with Crippen molar-refractivity contribution < 1.29 is 4.74 Å². The maximum absolute atomic E-state index is 5.55. The molecule has 1 aliphatic heterocycles. The second-order valence-electron chi connectivity index (χ2n) is 2.18. The normalized spacial score (nSPS) is 42.0. The Kier molecular flexibility index (Phi) is 1.30. The van der Waals surface area contributed by atoms with Crippen LogP contribution in [-0.2, 0) is 4.74 Å². The molecule has 1 rings (SSSR count). The number of rotatable bonds is 0. The van der Waals surface area contributed by atoms with E-state index in [1.807, 2.05) is 0 Å². The third kappa shape index (κ3) is 0.924. The van der Waals surface area contributed by atoms with Crippen LogP contribution < -0.4 is 5.73 Å². The summed E-state index contributed by atoms with van der Waals surface area (Å²) in [7, 11) is 0. The molecule has 0 bridgehead atoms. The van der Waals surface area contributed by atoms with Gasteiger partial charge in [-0.05, 0) is 5.92 Å². The van der Waals surface area contributed by atoms with Crippen molar-refractivity contribution in [3.63, 3.8) is 0 Å². The molecule has 0 spiro atoms. The Hall–Kier alpha value is -0.0800. The summed E-state index contributed by atoms with van der Waals surface area (Å²) in [6, 6.07) is 0.292. The molecule has 0 aromatic heterocycles. The lowest BCUT2D eigenvalue weighted by molar-refractivity contribution is 0.186. The number of hydrogen-bond acceptors (Lipinski definition) is 2. The molecule has 2 nitrogen and oxygen atoms in total. The molecule has 1 heterocycles. The smallest absolute Gasteiger partial charge is 0.0621 e. The maximum Gasteiger partial charge on any atom is 0.0621 e. The topological polar surface area (TPSA) is 35.2 Å². The van der Waals surface area contributed by atoms with Crippen molar-refractivity contribution in [2.24, 2.45) is 11.7 Å². The van der Waals surface area contributed by atoms with E-state index in [0.29, 0.717) is 12.0 Å². The number of hydrogen-bond donors (Lipinski definition) is 1. The van der Waals surface area contributed by atoms with E-state index in [-0.39, 0.29) is 0 Å². The lowest BCUT2D eigenvalue weighted by Gasteiger charge is -2.02. The minimum absolute atomic E-state index is 0.292. The van der Waals surface area contributed by atoms with E-state index in [2.05, 4.69) is 6.92 Å². The van der Waals surface area contributed by atoms with Crippen LogP contribution in [-0.4, -0.2) is 19.3 Å². The van der Waals surface area contributed by atoms with Gasteiger partial charge in [0, 0.05) is 6.04 Å². The van der Waals surface area contributed by atoms with Crippen LogP contribution in [0.5, 0.6) is 0 Å². The number of nitrogens with two attached hydrogens (primary N) is 1. The molecular weight excluding hydrogens is 90.1 g/mol. The summed E-state index contributed by atoms with van der Waals surface area (Å²) in [5, 5.41) is 0. The van der Waals surface area contributed by atoms with E-state index < -0.39 is 0 Å². The fourth-order valence-corrected chi connectivity index (χ4v) is 0.678. The summed E-state index contributed by atoms with van der Waals surface area (Å²) in [5.41, 5.74) is 5.55. The standard InChI is InChI=1S/C5H11NO/c1-4-2-7-3-5(4)6/h4-5H,2-3,6H2,1H3/t4-,5?/m1/s1. The molecule has 1 fully saturated rings. The molecule has 0 aromatic rings. The molecule has 1 unspecified atom stereocenters. The Balaban J connectivity index is 2.33. The van der Waals surface area contributed by atoms with E-state index in [1.165, 1.54) is 0 Å². The third-order valence-electron chi connectivity index (χ3n) is 1.42. The first-order chi connectivity index (χ1) is 3.30. The van der Waals surface area contributed by atoms with Gasteiger partial charge in [0.05, 0.1) is 13.2 Å². The molecule has 42 valence electrons. The molecule has 1 aliphatic rings. The monoisotopic (exact) mass is 101 g/mol.